The molecule has 0 aromatic heterocycles. The molecule has 4 rings (SSSR count). The highest BCUT2D eigenvalue weighted by atomic mass is 15.2. The van der Waals surface area contributed by atoms with E-state index in [-0.39, 0.29) is 0 Å². The van der Waals surface area contributed by atoms with Gasteiger partial charge in [-0.15, -0.1) is 0 Å². The van der Waals surface area contributed by atoms with E-state index in [0.717, 1.165) is 6.54 Å². The monoisotopic (exact) mass is 278 g/mol. The highest BCUT2D eigenvalue weighted by Gasteiger charge is 2.40. The summed E-state index contributed by atoms with van der Waals surface area (Å²) >= 11 is 0. The third-order valence-corrected chi connectivity index (χ3v) is 5.02. The van der Waals surface area contributed by atoms with Crippen molar-refractivity contribution in [2.24, 2.45) is 0 Å². The van der Waals surface area contributed by atoms with Crippen LogP contribution in [0.25, 0.3) is 0 Å². The average molecular weight is 278 g/mol. The molecule has 0 radical (unpaired) electrons. The molecule has 2 nitrogen and oxygen atoms in total. The van der Waals surface area contributed by atoms with Gasteiger partial charge < -0.3 is 9.80 Å². The first-order valence-corrected chi connectivity index (χ1v) is 7.91. The zero-order chi connectivity index (χ0) is 14.2. The summed E-state index contributed by atoms with van der Waals surface area (Å²) in [4.78, 5) is 5.12. The van der Waals surface area contributed by atoms with Gasteiger partial charge in [-0.3, -0.25) is 0 Å². The van der Waals surface area contributed by atoms with Crippen LogP contribution in [-0.2, 0) is 6.54 Å². The number of anilines is 1. The predicted octanol–water partition coefficient (Wildman–Crippen LogP) is 3.49. The Morgan fingerprint density at radius 3 is 2.62 bits per heavy atom. The number of benzene rings is 2. The highest BCUT2D eigenvalue weighted by molar-refractivity contribution is 5.62. The van der Waals surface area contributed by atoms with E-state index in [9.17, 15) is 0 Å². The lowest BCUT2D eigenvalue weighted by Crippen LogP contribution is -2.44. The second-order valence-electron chi connectivity index (χ2n) is 6.40. The molecule has 0 saturated carbocycles. The van der Waals surface area contributed by atoms with E-state index in [4.69, 9.17) is 0 Å². The van der Waals surface area contributed by atoms with Gasteiger partial charge in [0.2, 0.25) is 0 Å². The fraction of sp³-hybridized carbons (Fsp3) is 0.368. The topological polar surface area (TPSA) is 6.48 Å². The lowest BCUT2D eigenvalue weighted by Gasteiger charge is -2.37. The zero-order valence-corrected chi connectivity index (χ0v) is 12.6. The average Bonchev–Trinajstić information content (AvgIpc) is 2.82. The SMILES string of the molecule is CN1CCC2C(C1)c1ccccc1N2Cc1ccccc1. The molecule has 0 amide bonds. The lowest BCUT2D eigenvalue weighted by molar-refractivity contribution is 0.230. The Labute approximate surface area is 127 Å². The summed E-state index contributed by atoms with van der Waals surface area (Å²) in [5.74, 6) is 0.670. The summed E-state index contributed by atoms with van der Waals surface area (Å²) in [6.45, 7) is 3.43. The molecule has 21 heavy (non-hydrogen) atoms. The molecule has 1 fully saturated rings. The Balaban J connectivity index is 1.69. The first-order chi connectivity index (χ1) is 10.3. The largest absolute Gasteiger partial charge is 0.363 e. The normalized spacial score (nSPS) is 24.7. The van der Waals surface area contributed by atoms with E-state index in [1.807, 2.05) is 0 Å². The van der Waals surface area contributed by atoms with Gasteiger partial charge in [0.1, 0.15) is 0 Å². The molecule has 0 spiro atoms. The smallest absolute Gasteiger partial charge is 0.0432 e. The van der Waals surface area contributed by atoms with Crippen molar-refractivity contribution in [3.05, 3.63) is 65.7 Å². The van der Waals surface area contributed by atoms with Crippen molar-refractivity contribution in [3.63, 3.8) is 0 Å². The number of hydrogen-bond donors (Lipinski definition) is 0. The predicted molar refractivity (Wildman–Crippen MR) is 87.7 cm³/mol. The molecule has 1 saturated heterocycles. The minimum absolute atomic E-state index is 0.666. The third-order valence-electron chi connectivity index (χ3n) is 5.02. The van der Waals surface area contributed by atoms with E-state index in [1.54, 1.807) is 5.56 Å². The number of rotatable bonds is 2. The van der Waals surface area contributed by atoms with Gasteiger partial charge in [-0.2, -0.15) is 0 Å². The van der Waals surface area contributed by atoms with Crippen molar-refractivity contribution in [1.82, 2.24) is 4.90 Å². The quantitative estimate of drug-likeness (QED) is 0.829. The summed E-state index contributed by atoms with van der Waals surface area (Å²) in [7, 11) is 2.25. The number of para-hydroxylation sites is 1. The van der Waals surface area contributed by atoms with Crippen molar-refractivity contribution in [1.29, 1.82) is 0 Å². The van der Waals surface area contributed by atoms with Gasteiger partial charge in [-0.25, -0.2) is 0 Å². The molecule has 0 N–H and O–H groups in total. The second-order valence-corrected chi connectivity index (χ2v) is 6.40. The summed E-state index contributed by atoms with van der Waals surface area (Å²) in [6, 6.07) is 20.5. The minimum atomic E-state index is 0.666. The first-order valence-electron chi connectivity index (χ1n) is 7.91. The van der Waals surface area contributed by atoms with Gasteiger partial charge in [-0.05, 0) is 37.2 Å². The maximum Gasteiger partial charge on any atom is 0.0432 e. The number of piperidine rings is 1. The molecular weight excluding hydrogens is 256 g/mol. The van der Waals surface area contributed by atoms with E-state index < -0.39 is 0 Å². The standard InChI is InChI=1S/C19H22N2/c1-20-12-11-19-17(14-20)16-9-5-6-10-18(16)21(19)13-15-7-3-2-4-8-15/h2-10,17,19H,11-14H2,1H3. The minimum Gasteiger partial charge on any atom is -0.363 e. The van der Waals surface area contributed by atoms with Crippen LogP contribution < -0.4 is 4.90 Å². The number of fused-ring (bicyclic) bond motifs is 3. The summed E-state index contributed by atoms with van der Waals surface area (Å²) in [5.41, 5.74) is 4.41. The van der Waals surface area contributed by atoms with Crippen LogP contribution in [0.2, 0.25) is 0 Å². The molecule has 0 bridgehead atoms. The molecule has 2 heterocycles. The van der Waals surface area contributed by atoms with Gasteiger partial charge >= 0.3 is 0 Å². The van der Waals surface area contributed by atoms with Crippen LogP contribution in [0.3, 0.4) is 0 Å². The molecule has 108 valence electrons. The van der Waals surface area contributed by atoms with Gasteiger partial charge in [0, 0.05) is 30.7 Å². The second kappa shape index (κ2) is 5.19. The summed E-state index contributed by atoms with van der Waals surface area (Å²) in [6.07, 6.45) is 1.27. The van der Waals surface area contributed by atoms with Crippen molar-refractivity contribution < 1.29 is 0 Å². The maximum atomic E-state index is 2.64. The Morgan fingerprint density at radius 1 is 1.00 bits per heavy atom. The fourth-order valence-electron chi connectivity index (χ4n) is 4.01. The molecular formula is C19H22N2. The van der Waals surface area contributed by atoms with E-state index in [1.165, 1.54) is 30.8 Å². The van der Waals surface area contributed by atoms with Crippen LogP contribution in [0.5, 0.6) is 0 Å². The van der Waals surface area contributed by atoms with Crippen LogP contribution in [0, 0.1) is 0 Å². The number of likely N-dealkylation sites (N-methyl/N-ethyl adjacent to an activating group) is 1. The van der Waals surface area contributed by atoms with Gasteiger partial charge in [-0.1, -0.05) is 48.5 Å². The van der Waals surface area contributed by atoms with Crippen LogP contribution >= 0.6 is 0 Å². The van der Waals surface area contributed by atoms with Gasteiger partial charge in [0.15, 0.2) is 0 Å². The fourth-order valence-corrected chi connectivity index (χ4v) is 4.01. The van der Waals surface area contributed by atoms with Crippen LogP contribution in [-0.4, -0.2) is 31.1 Å². The molecule has 2 aliphatic heterocycles. The lowest BCUT2D eigenvalue weighted by atomic mass is 9.89. The van der Waals surface area contributed by atoms with Crippen molar-refractivity contribution in [2.75, 3.05) is 25.0 Å². The third kappa shape index (κ3) is 2.24. The van der Waals surface area contributed by atoms with Crippen LogP contribution in [0.1, 0.15) is 23.5 Å². The van der Waals surface area contributed by atoms with Crippen molar-refractivity contribution >= 4 is 5.69 Å². The maximum absolute atomic E-state index is 2.64. The Morgan fingerprint density at radius 2 is 1.76 bits per heavy atom. The Hall–Kier alpha value is -1.80. The van der Waals surface area contributed by atoms with Crippen LogP contribution in [0.15, 0.2) is 54.6 Å². The van der Waals surface area contributed by atoms with Crippen molar-refractivity contribution in [2.45, 2.75) is 24.9 Å². The summed E-state index contributed by atoms with van der Waals surface area (Å²) in [5, 5.41) is 0. The van der Waals surface area contributed by atoms with Gasteiger partial charge in [0.05, 0.1) is 0 Å². The number of hydrogen-bond acceptors (Lipinski definition) is 2. The molecule has 0 aliphatic carbocycles. The summed E-state index contributed by atoms with van der Waals surface area (Å²) < 4.78 is 0. The Bertz CT molecular complexity index is 622. The van der Waals surface area contributed by atoms with E-state index in [2.05, 4.69) is 71.4 Å². The Kier molecular flexibility index (Phi) is 3.19. The molecule has 2 aromatic rings. The number of nitrogens with zero attached hydrogens (tertiary/aromatic N) is 2. The zero-order valence-electron chi connectivity index (χ0n) is 12.6. The van der Waals surface area contributed by atoms with Gasteiger partial charge in [0.25, 0.3) is 0 Å². The van der Waals surface area contributed by atoms with Crippen molar-refractivity contribution in [3.8, 4) is 0 Å². The molecule has 2 unspecified atom stereocenters. The molecule has 2 aliphatic rings. The molecule has 2 heteroatoms. The van der Waals surface area contributed by atoms with E-state index in [0.29, 0.717) is 12.0 Å². The van der Waals surface area contributed by atoms with E-state index >= 15 is 0 Å². The molecule has 2 atom stereocenters. The molecule has 2 aromatic carbocycles. The van der Waals surface area contributed by atoms with Crippen LogP contribution in [0.4, 0.5) is 5.69 Å². The highest BCUT2D eigenvalue weighted by Crippen LogP contribution is 2.44. The first kappa shape index (κ1) is 12.9. The number of likely N-dealkylation sites (tertiary alicyclic amines) is 1.